The van der Waals surface area contributed by atoms with Gasteiger partial charge in [-0.2, -0.15) is 0 Å². The van der Waals surface area contributed by atoms with Crippen molar-refractivity contribution in [3.05, 3.63) is 229 Å². The van der Waals surface area contributed by atoms with Crippen molar-refractivity contribution in [2.24, 2.45) is 14.1 Å². The van der Waals surface area contributed by atoms with Gasteiger partial charge in [-0.05, 0) is 119 Å². The molecule has 0 spiro atoms. The van der Waals surface area contributed by atoms with E-state index in [1.54, 1.807) is 0 Å². The summed E-state index contributed by atoms with van der Waals surface area (Å²) in [7, 11) is 4.08. The molecule has 6 nitrogen and oxygen atoms in total. The van der Waals surface area contributed by atoms with E-state index in [9.17, 15) is 0 Å². The zero-order valence-corrected chi connectivity index (χ0v) is 35.6. The van der Waals surface area contributed by atoms with E-state index in [1.165, 1.54) is 38.9 Å². The first-order valence-corrected chi connectivity index (χ1v) is 21.7. The molecule has 0 fully saturated rings. The fourth-order valence-corrected chi connectivity index (χ4v) is 8.67. The second-order valence-electron chi connectivity index (χ2n) is 16.3. The molecule has 0 saturated carbocycles. The van der Waals surface area contributed by atoms with Crippen LogP contribution in [0.3, 0.4) is 0 Å². The minimum atomic E-state index is 0.930. The lowest BCUT2D eigenvalue weighted by Crippen LogP contribution is -2.01. The first kappa shape index (κ1) is 39.3. The molecule has 10 aromatic rings. The van der Waals surface area contributed by atoms with E-state index in [0.29, 0.717) is 0 Å². The van der Waals surface area contributed by atoms with Crippen molar-refractivity contribution in [1.29, 1.82) is 0 Å². The van der Waals surface area contributed by atoms with Crippen LogP contribution < -0.4 is 0 Å². The van der Waals surface area contributed by atoms with Gasteiger partial charge in [0.1, 0.15) is 11.6 Å². The van der Waals surface area contributed by atoms with Gasteiger partial charge < -0.3 is 13.7 Å². The van der Waals surface area contributed by atoms with E-state index in [1.807, 2.05) is 57.2 Å². The Labute approximate surface area is 369 Å². The lowest BCUT2D eigenvalue weighted by Gasteiger charge is -2.18. The number of nitrogens with zero attached hydrogens (tertiary/aromatic N) is 6. The predicted molar refractivity (Wildman–Crippen MR) is 257 cm³/mol. The molecule has 10 rings (SSSR count). The van der Waals surface area contributed by atoms with Gasteiger partial charge in [0, 0.05) is 73.5 Å². The average molecular weight is 817 g/mol. The third-order valence-electron chi connectivity index (χ3n) is 12.1. The summed E-state index contributed by atoms with van der Waals surface area (Å²) in [5, 5.41) is 0. The average Bonchev–Trinajstić information content (AvgIpc) is 4.13. The highest BCUT2D eigenvalue weighted by molar-refractivity contribution is 5.82. The normalized spacial score (nSPS) is 11.3. The molecule has 63 heavy (non-hydrogen) atoms. The number of hydrogen-bond donors (Lipinski definition) is 0. The molecule has 306 valence electrons. The number of hydrogen-bond acceptors (Lipinski definition) is 3. The Balaban J connectivity index is 0.998. The quantitative estimate of drug-likeness (QED) is 0.116. The lowest BCUT2D eigenvalue weighted by molar-refractivity contribution is 0.920. The molecule has 0 radical (unpaired) electrons. The zero-order valence-electron chi connectivity index (χ0n) is 35.6. The summed E-state index contributed by atoms with van der Waals surface area (Å²) < 4.78 is 6.48. The Hall–Kier alpha value is -7.83. The van der Waals surface area contributed by atoms with E-state index < -0.39 is 0 Å². The van der Waals surface area contributed by atoms with Crippen LogP contribution in [0.4, 0.5) is 0 Å². The van der Waals surface area contributed by atoms with Crippen molar-refractivity contribution in [2.75, 3.05) is 0 Å². The largest absolute Gasteiger partial charge is 0.334 e. The van der Waals surface area contributed by atoms with Gasteiger partial charge in [-0.3, -0.25) is 4.98 Å². The van der Waals surface area contributed by atoms with Crippen molar-refractivity contribution in [3.8, 4) is 73.2 Å². The van der Waals surface area contributed by atoms with E-state index in [-0.39, 0.29) is 0 Å². The van der Waals surface area contributed by atoms with Gasteiger partial charge in [0.05, 0.1) is 17.1 Å². The van der Waals surface area contributed by atoms with Crippen molar-refractivity contribution >= 4 is 0 Å². The number of aryl methyl sites for hydroxylation is 6. The van der Waals surface area contributed by atoms with Crippen LogP contribution >= 0.6 is 0 Å². The van der Waals surface area contributed by atoms with Crippen LogP contribution in [-0.4, -0.2) is 28.7 Å². The van der Waals surface area contributed by atoms with E-state index >= 15 is 0 Å². The molecule has 4 heterocycles. The Morgan fingerprint density at radius 2 is 0.905 bits per heavy atom. The molecule has 4 aromatic heterocycles. The van der Waals surface area contributed by atoms with Crippen LogP contribution in [0.1, 0.15) is 22.3 Å². The van der Waals surface area contributed by atoms with E-state index in [2.05, 4.69) is 188 Å². The van der Waals surface area contributed by atoms with Crippen LogP contribution in [0.15, 0.2) is 207 Å². The van der Waals surface area contributed by atoms with Gasteiger partial charge in [-0.25, -0.2) is 9.97 Å². The summed E-state index contributed by atoms with van der Waals surface area (Å²) in [5.41, 5.74) is 17.8. The molecular formula is C57H48N6. The maximum atomic E-state index is 4.72. The smallest absolute Gasteiger partial charge is 0.139 e. The van der Waals surface area contributed by atoms with Gasteiger partial charge in [-0.1, -0.05) is 121 Å². The van der Waals surface area contributed by atoms with E-state index in [4.69, 9.17) is 4.98 Å². The summed E-state index contributed by atoms with van der Waals surface area (Å²) in [5.74, 6) is 1.96. The van der Waals surface area contributed by atoms with E-state index in [0.717, 1.165) is 82.2 Å². The maximum Gasteiger partial charge on any atom is 0.139 e. The molecule has 0 aliphatic rings. The molecule has 6 heteroatoms. The molecule has 0 unspecified atom stereocenters. The summed E-state index contributed by atoms with van der Waals surface area (Å²) in [6.07, 6.45) is 15.5. The highest BCUT2D eigenvalue weighted by atomic mass is 15.0. The zero-order chi connectivity index (χ0) is 42.5. The number of benzene rings is 6. The summed E-state index contributed by atoms with van der Waals surface area (Å²) in [6.45, 7) is 0. The number of imidazole rings is 2. The molecule has 0 atom stereocenters. The van der Waals surface area contributed by atoms with Crippen molar-refractivity contribution in [3.63, 3.8) is 0 Å². The highest BCUT2D eigenvalue weighted by Crippen LogP contribution is 2.36. The molecule has 0 aliphatic carbocycles. The first-order chi connectivity index (χ1) is 31.0. The molecule has 0 aliphatic heterocycles. The second kappa shape index (κ2) is 17.6. The Bertz CT molecular complexity index is 2990. The predicted octanol–water partition coefficient (Wildman–Crippen LogP) is 12.9. The Morgan fingerprint density at radius 3 is 1.48 bits per heavy atom. The summed E-state index contributed by atoms with van der Waals surface area (Å²) in [4.78, 5) is 13.8. The molecule has 0 bridgehead atoms. The summed E-state index contributed by atoms with van der Waals surface area (Å²) >= 11 is 0. The molecular weight excluding hydrogens is 769 g/mol. The number of rotatable bonds is 13. The standard InChI is InChI=1S/C57H48N6/c1-61-35-32-59-56(61)48-21-17-41(18-22-48)13-15-43-37-44(16-14-42-19-23-49(24-20-42)57-60-33-36-62(57)2)39-51(38-43)54-12-8-34-63(54)55-30-29-50(53-11-6-7-31-58-53)40-52(55)47-27-25-46(26-28-47)45-9-4-3-5-10-45/h3-12,17-40H,13-16H2,1-2H3. The number of pyridine rings is 1. The van der Waals surface area contributed by atoms with Crippen LogP contribution in [0, 0.1) is 0 Å². The topological polar surface area (TPSA) is 53.5 Å². The van der Waals surface area contributed by atoms with Crippen LogP contribution in [0.2, 0.25) is 0 Å². The molecule has 0 saturated heterocycles. The third-order valence-corrected chi connectivity index (χ3v) is 12.1. The lowest BCUT2D eigenvalue weighted by atomic mass is 9.94. The fraction of sp³-hybridized carbons (Fsp3) is 0.105. The highest BCUT2D eigenvalue weighted by Gasteiger charge is 2.16. The molecule has 6 aromatic carbocycles. The van der Waals surface area contributed by atoms with Crippen LogP contribution in [0.5, 0.6) is 0 Å². The SMILES string of the molecule is Cn1ccnc1-c1ccc(CCc2cc(CCc3ccc(-c4nccn4C)cc3)cc(-c3cccn3-c3ccc(-c4ccccn4)cc3-c3ccc(-c4ccccc4)cc3)c2)cc1. The van der Waals surface area contributed by atoms with Crippen LogP contribution in [0.25, 0.3) is 73.2 Å². The van der Waals surface area contributed by atoms with Crippen molar-refractivity contribution in [1.82, 2.24) is 28.7 Å². The van der Waals surface area contributed by atoms with Gasteiger partial charge in [-0.15, -0.1) is 0 Å². The van der Waals surface area contributed by atoms with Gasteiger partial charge in [0.2, 0.25) is 0 Å². The van der Waals surface area contributed by atoms with Gasteiger partial charge >= 0.3 is 0 Å². The minimum absolute atomic E-state index is 0.930. The Morgan fingerprint density at radius 1 is 0.365 bits per heavy atom. The number of aromatic nitrogens is 6. The second-order valence-corrected chi connectivity index (χ2v) is 16.3. The molecule has 0 N–H and O–H groups in total. The fourth-order valence-electron chi connectivity index (χ4n) is 8.67. The maximum absolute atomic E-state index is 4.72. The third kappa shape index (κ3) is 8.57. The van der Waals surface area contributed by atoms with Crippen molar-refractivity contribution < 1.29 is 0 Å². The Kier molecular flexibility index (Phi) is 11.0. The van der Waals surface area contributed by atoms with Crippen LogP contribution in [-0.2, 0) is 39.8 Å². The first-order valence-electron chi connectivity index (χ1n) is 21.7. The van der Waals surface area contributed by atoms with Gasteiger partial charge in [0.25, 0.3) is 0 Å². The molecule has 0 amide bonds. The van der Waals surface area contributed by atoms with Crippen molar-refractivity contribution in [2.45, 2.75) is 25.7 Å². The minimum Gasteiger partial charge on any atom is -0.334 e. The monoisotopic (exact) mass is 816 g/mol. The van der Waals surface area contributed by atoms with Gasteiger partial charge in [0.15, 0.2) is 0 Å². The summed E-state index contributed by atoms with van der Waals surface area (Å²) in [6, 6.07) is 61.8.